The molecule has 0 amide bonds. The van der Waals surface area contributed by atoms with E-state index in [0.29, 0.717) is 0 Å². The minimum atomic E-state index is 0.0285. The Kier molecular flexibility index (Phi) is 2.17. The van der Waals surface area contributed by atoms with Gasteiger partial charge < -0.3 is 5.32 Å². The molecule has 1 atom stereocenters. The van der Waals surface area contributed by atoms with Crippen LogP contribution in [0, 0.1) is 0 Å². The maximum atomic E-state index is 4.37. The third-order valence-corrected chi connectivity index (χ3v) is 3.59. The summed E-state index contributed by atoms with van der Waals surface area (Å²) in [5, 5.41) is 12.2. The number of hydrogen-bond acceptors (Lipinski definition) is 3. The molecule has 0 saturated carbocycles. The fourth-order valence-electron chi connectivity index (χ4n) is 2.62. The molecule has 2 aromatic heterocycles. The average Bonchev–Trinajstić information content (AvgIpc) is 2.96. The molecular weight excluding hydrogens is 200 g/mol. The first-order chi connectivity index (χ1) is 7.86. The highest BCUT2D eigenvalue weighted by Gasteiger charge is 2.37. The minimum Gasteiger partial charge on any atom is -0.305 e. The van der Waals surface area contributed by atoms with Crippen LogP contribution in [0.2, 0.25) is 0 Å². The van der Waals surface area contributed by atoms with E-state index in [1.807, 2.05) is 24.4 Å². The molecule has 16 heavy (non-hydrogen) atoms. The number of fused-ring (bicyclic) bond motifs is 1. The Bertz CT molecular complexity index is 496. The maximum absolute atomic E-state index is 4.37. The van der Waals surface area contributed by atoms with Gasteiger partial charge in [0.15, 0.2) is 11.5 Å². The predicted octanol–water partition coefficient (Wildman–Crippen LogP) is 1.72. The molecule has 1 aliphatic heterocycles. The number of rotatable bonds is 2. The van der Waals surface area contributed by atoms with Crippen LogP contribution in [0.25, 0.3) is 5.65 Å². The van der Waals surface area contributed by atoms with Crippen molar-refractivity contribution >= 4 is 5.65 Å². The molecule has 1 saturated heterocycles. The summed E-state index contributed by atoms with van der Waals surface area (Å²) in [5.41, 5.74) is 0.958. The van der Waals surface area contributed by atoms with Gasteiger partial charge in [0.25, 0.3) is 0 Å². The molecule has 0 aliphatic carbocycles. The van der Waals surface area contributed by atoms with E-state index in [1.54, 1.807) is 0 Å². The number of aromatic nitrogens is 3. The number of pyridine rings is 1. The summed E-state index contributed by atoms with van der Waals surface area (Å²) in [7, 11) is 0. The summed E-state index contributed by atoms with van der Waals surface area (Å²) in [6.07, 6.45) is 5.47. The second kappa shape index (κ2) is 3.56. The third-order valence-electron chi connectivity index (χ3n) is 3.59. The Balaban J connectivity index is 2.17. The molecule has 4 nitrogen and oxygen atoms in total. The molecule has 3 heterocycles. The van der Waals surface area contributed by atoms with Crippen LogP contribution >= 0.6 is 0 Å². The van der Waals surface area contributed by atoms with E-state index in [0.717, 1.165) is 30.9 Å². The summed E-state index contributed by atoms with van der Waals surface area (Å²) in [4.78, 5) is 0. The first-order valence-electron chi connectivity index (χ1n) is 5.91. The van der Waals surface area contributed by atoms with Crippen molar-refractivity contribution in [2.75, 3.05) is 6.54 Å². The molecule has 0 spiro atoms. The summed E-state index contributed by atoms with van der Waals surface area (Å²) in [6, 6.07) is 6.02. The van der Waals surface area contributed by atoms with Gasteiger partial charge >= 0.3 is 0 Å². The topological polar surface area (TPSA) is 42.2 Å². The van der Waals surface area contributed by atoms with Crippen molar-refractivity contribution in [3.8, 4) is 0 Å². The molecule has 1 aliphatic rings. The van der Waals surface area contributed by atoms with Crippen molar-refractivity contribution in [2.45, 2.75) is 31.7 Å². The van der Waals surface area contributed by atoms with E-state index in [9.17, 15) is 0 Å². The van der Waals surface area contributed by atoms with Crippen LogP contribution in [0.5, 0.6) is 0 Å². The first kappa shape index (κ1) is 9.78. The highest BCUT2D eigenvalue weighted by molar-refractivity contribution is 5.38. The largest absolute Gasteiger partial charge is 0.305 e. The predicted molar refractivity (Wildman–Crippen MR) is 62.2 cm³/mol. The molecule has 84 valence electrons. The molecule has 0 bridgehead atoms. The van der Waals surface area contributed by atoms with Crippen LogP contribution in [0.15, 0.2) is 24.4 Å². The molecule has 3 rings (SSSR count). The lowest BCUT2D eigenvalue weighted by Gasteiger charge is -2.25. The fourth-order valence-corrected chi connectivity index (χ4v) is 2.62. The van der Waals surface area contributed by atoms with Gasteiger partial charge in [-0.15, -0.1) is 10.2 Å². The normalized spacial score (nSPS) is 25.3. The molecule has 4 heteroatoms. The zero-order valence-electron chi connectivity index (χ0n) is 9.48. The highest BCUT2D eigenvalue weighted by atomic mass is 15.3. The van der Waals surface area contributed by atoms with Crippen LogP contribution < -0.4 is 5.32 Å². The van der Waals surface area contributed by atoms with Gasteiger partial charge in [0.1, 0.15) is 0 Å². The van der Waals surface area contributed by atoms with Crippen molar-refractivity contribution in [2.24, 2.45) is 0 Å². The standard InChI is InChI=1S/C12H16N4/c1-2-12(7-5-8-13-12)11-15-14-10-6-3-4-9-16(10)11/h3-4,6,9,13H,2,5,7-8H2,1H3. The fraction of sp³-hybridized carbons (Fsp3) is 0.500. The van der Waals surface area contributed by atoms with Gasteiger partial charge in [-0.1, -0.05) is 13.0 Å². The molecule has 0 radical (unpaired) electrons. The molecule has 2 aromatic rings. The van der Waals surface area contributed by atoms with Crippen LogP contribution in [0.3, 0.4) is 0 Å². The lowest BCUT2D eigenvalue weighted by Crippen LogP contribution is -2.38. The van der Waals surface area contributed by atoms with E-state index in [-0.39, 0.29) is 5.54 Å². The van der Waals surface area contributed by atoms with Crippen LogP contribution in [-0.4, -0.2) is 21.1 Å². The van der Waals surface area contributed by atoms with Gasteiger partial charge in [-0.3, -0.25) is 4.40 Å². The molecular formula is C12H16N4. The SMILES string of the molecule is CCC1(c2nnc3ccccn23)CCCN1. The van der Waals surface area contributed by atoms with Crippen molar-refractivity contribution in [1.29, 1.82) is 0 Å². The zero-order valence-corrected chi connectivity index (χ0v) is 9.48. The van der Waals surface area contributed by atoms with E-state index >= 15 is 0 Å². The second-order valence-corrected chi connectivity index (χ2v) is 4.42. The Morgan fingerprint density at radius 2 is 2.38 bits per heavy atom. The first-order valence-corrected chi connectivity index (χ1v) is 5.91. The van der Waals surface area contributed by atoms with Crippen LogP contribution in [0.1, 0.15) is 32.0 Å². The van der Waals surface area contributed by atoms with E-state index in [1.165, 1.54) is 6.42 Å². The lowest BCUT2D eigenvalue weighted by molar-refractivity contribution is 0.349. The number of nitrogens with one attached hydrogen (secondary N) is 1. The monoisotopic (exact) mass is 216 g/mol. The van der Waals surface area contributed by atoms with Gasteiger partial charge in [0.2, 0.25) is 0 Å². The van der Waals surface area contributed by atoms with E-state index in [2.05, 4.69) is 26.8 Å². The van der Waals surface area contributed by atoms with Crippen molar-refractivity contribution in [1.82, 2.24) is 19.9 Å². The number of nitrogens with zero attached hydrogens (tertiary/aromatic N) is 3. The lowest BCUT2D eigenvalue weighted by atomic mass is 9.93. The minimum absolute atomic E-state index is 0.0285. The highest BCUT2D eigenvalue weighted by Crippen LogP contribution is 2.32. The smallest absolute Gasteiger partial charge is 0.160 e. The summed E-state index contributed by atoms with van der Waals surface area (Å²) in [5.74, 6) is 1.06. The van der Waals surface area contributed by atoms with Crippen molar-refractivity contribution in [3.05, 3.63) is 30.2 Å². The van der Waals surface area contributed by atoms with Gasteiger partial charge in [0, 0.05) is 6.20 Å². The summed E-state index contributed by atoms with van der Waals surface area (Å²) < 4.78 is 2.10. The van der Waals surface area contributed by atoms with Gasteiger partial charge in [0.05, 0.1) is 5.54 Å². The Morgan fingerprint density at radius 3 is 3.12 bits per heavy atom. The third kappa shape index (κ3) is 1.26. The summed E-state index contributed by atoms with van der Waals surface area (Å²) in [6.45, 7) is 3.29. The Labute approximate surface area is 94.7 Å². The average molecular weight is 216 g/mol. The van der Waals surface area contributed by atoms with Gasteiger partial charge in [-0.25, -0.2) is 0 Å². The molecule has 1 fully saturated rings. The van der Waals surface area contributed by atoms with Crippen LogP contribution in [-0.2, 0) is 5.54 Å². The summed E-state index contributed by atoms with van der Waals surface area (Å²) >= 11 is 0. The van der Waals surface area contributed by atoms with Gasteiger partial charge in [-0.05, 0) is 37.9 Å². The second-order valence-electron chi connectivity index (χ2n) is 4.42. The quantitative estimate of drug-likeness (QED) is 0.831. The molecule has 1 unspecified atom stereocenters. The van der Waals surface area contributed by atoms with Gasteiger partial charge in [-0.2, -0.15) is 0 Å². The maximum Gasteiger partial charge on any atom is 0.160 e. The zero-order chi connectivity index (χ0) is 11.0. The van der Waals surface area contributed by atoms with Crippen molar-refractivity contribution < 1.29 is 0 Å². The molecule has 0 aromatic carbocycles. The Morgan fingerprint density at radius 1 is 1.44 bits per heavy atom. The number of hydrogen-bond donors (Lipinski definition) is 1. The van der Waals surface area contributed by atoms with Crippen molar-refractivity contribution in [3.63, 3.8) is 0 Å². The van der Waals surface area contributed by atoms with E-state index < -0.39 is 0 Å². The molecule has 1 N–H and O–H groups in total. The van der Waals surface area contributed by atoms with E-state index in [4.69, 9.17) is 0 Å². The Hall–Kier alpha value is -1.42. The van der Waals surface area contributed by atoms with Crippen LogP contribution in [0.4, 0.5) is 0 Å².